The molecule has 104 valence electrons. The van der Waals surface area contributed by atoms with Crippen molar-refractivity contribution in [2.45, 2.75) is 25.8 Å². The average Bonchev–Trinajstić information content (AvgIpc) is 2.84. The predicted octanol–water partition coefficient (Wildman–Crippen LogP) is 1.97. The Kier molecular flexibility index (Phi) is 5.48. The second kappa shape index (κ2) is 7.12. The van der Waals surface area contributed by atoms with Crippen molar-refractivity contribution in [3.63, 3.8) is 0 Å². The highest BCUT2D eigenvalue weighted by molar-refractivity contribution is 9.10. The van der Waals surface area contributed by atoms with Crippen molar-refractivity contribution >= 4 is 21.7 Å². The molecule has 0 aromatic carbocycles. The molecule has 0 saturated carbocycles. The van der Waals surface area contributed by atoms with Gasteiger partial charge in [0, 0.05) is 29.3 Å². The topological polar surface area (TPSA) is 51.2 Å². The first kappa shape index (κ1) is 14.6. The first-order chi connectivity index (χ1) is 9.20. The summed E-state index contributed by atoms with van der Waals surface area (Å²) < 4.78 is 6.34. The van der Waals surface area contributed by atoms with E-state index in [1.807, 2.05) is 6.07 Å². The van der Waals surface area contributed by atoms with Crippen LogP contribution in [0.5, 0.6) is 0 Å². The number of nitrogens with one attached hydrogen (secondary N) is 1. The third kappa shape index (κ3) is 4.09. The van der Waals surface area contributed by atoms with Crippen LogP contribution in [0.25, 0.3) is 0 Å². The van der Waals surface area contributed by atoms with Gasteiger partial charge in [0.15, 0.2) is 0 Å². The van der Waals surface area contributed by atoms with Gasteiger partial charge in [-0.2, -0.15) is 0 Å². The molecule has 2 atom stereocenters. The third-order valence-corrected chi connectivity index (χ3v) is 3.72. The zero-order chi connectivity index (χ0) is 13.7. The predicted molar refractivity (Wildman–Crippen MR) is 77.0 cm³/mol. The van der Waals surface area contributed by atoms with Crippen LogP contribution in [0.15, 0.2) is 22.9 Å². The molecule has 1 saturated heterocycles. The molecule has 1 aliphatic heterocycles. The Labute approximate surface area is 122 Å². The molecule has 2 unspecified atom stereocenters. The summed E-state index contributed by atoms with van der Waals surface area (Å²) in [5.74, 6) is 0.191. The Balaban J connectivity index is 1.95. The van der Waals surface area contributed by atoms with Gasteiger partial charge in [-0.25, -0.2) is 0 Å². The van der Waals surface area contributed by atoms with Crippen molar-refractivity contribution in [1.29, 1.82) is 0 Å². The Hall–Kier alpha value is -0.780. The lowest BCUT2D eigenvalue weighted by molar-refractivity contribution is -0.122. The van der Waals surface area contributed by atoms with Crippen LogP contribution < -0.4 is 5.32 Å². The number of nitrogens with zero attached hydrogens (tertiary/aromatic N) is 1. The Morgan fingerprint density at radius 2 is 2.37 bits per heavy atom. The van der Waals surface area contributed by atoms with E-state index in [-0.39, 0.29) is 17.7 Å². The first-order valence-electron chi connectivity index (χ1n) is 6.64. The molecule has 0 amide bonds. The number of aromatic nitrogens is 1. The molecule has 1 aliphatic rings. The third-order valence-electron chi connectivity index (χ3n) is 3.29. The quantitative estimate of drug-likeness (QED) is 0.868. The number of Topliss-reactive ketones (excluding diaryl/α,β-unsaturated/α-hetero) is 1. The van der Waals surface area contributed by atoms with Gasteiger partial charge in [0.25, 0.3) is 0 Å². The van der Waals surface area contributed by atoms with Gasteiger partial charge in [0.2, 0.25) is 0 Å². The fourth-order valence-corrected chi connectivity index (χ4v) is 2.70. The second-order valence-corrected chi connectivity index (χ2v) is 5.77. The number of carbonyl (C=O) groups is 1. The molecule has 0 aliphatic carbocycles. The Bertz CT molecular complexity index is 439. The summed E-state index contributed by atoms with van der Waals surface area (Å²) in [6.07, 6.45) is 4.95. The zero-order valence-electron chi connectivity index (χ0n) is 11.1. The molecule has 4 nitrogen and oxygen atoms in total. The lowest BCUT2D eigenvalue weighted by atomic mass is 9.94. The minimum Gasteiger partial charge on any atom is -0.379 e. The molecular weight excluding hydrogens is 308 g/mol. The largest absolute Gasteiger partial charge is 0.379 e. The van der Waals surface area contributed by atoms with E-state index in [0.29, 0.717) is 19.6 Å². The molecule has 1 N–H and O–H groups in total. The fourth-order valence-electron chi connectivity index (χ4n) is 2.29. The summed E-state index contributed by atoms with van der Waals surface area (Å²) in [5.41, 5.74) is 0.945. The van der Waals surface area contributed by atoms with Gasteiger partial charge in [-0.05, 0) is 40.5 Å². The van der Waals surface area contributed by atoms with Crippen LogP contribution in [0.3, 0.4) is 0 Å². The zero-order valence-corrected chi connectivity index (χ0v) is 12.6. The van der Waals surface area contributed by atoms with Gasteiger partial charge in [-0.1, -0.05) is 6.92 Å². The van der Waals surface area contributed by atoms with Crippen molar-refractivity contribution in [3.05, 3.63) is 28.5 Å². The van der Waals surface area contributed by atoms with E-state index < -0.39 is 0 Å². The lowest BCUT2D eigenvalue weighted by Gasteiger charge is -2.17. The van der Waals surface area contributed by atoms with E-state index in [9.17, 15) is 4.79 Å². The van der Waals surface area contributed by atoms with Gasteiger partial charge in [0.05, 0.1) is 19.1 Å². The van der Waals surface area contributed by atoms with Crippen LogP contribution in [0, 0.1) is 5.92 Å². The molecule has 5 heteroatoms. The number of hydrogen-bond acceptors (Lipinski definition) is 4. The van der Waals surface area contributed by atoms with Gasteiger partial charge >= 0.3 is 0 Å². The maximum Gasteiger partial charge on any atom is 0.144 e. The summed E-state index contributed by atoms with van der Waals surface area (Å²) in [6.45, 7) is 4.21. The summed E-state index contributed by atoms with van der Waals surface area (Å²) in [7, 11) is 0. The Morgan fingerprint density at radius 1 is 1.53 bits per heavy atom. The number of rotatable bonds is 6. The number of ketones is 1. The number of halogens is 1. The lowest BCUT2D eigenvalue weighted by Crippen LogP contribution is -2.40. The molecule has 0 spiro atoms. The maximum atomic E-state index is 12.3. The minimum atomic E-state index is -0.0365. The molecule has 1 aromatic heterocycles. The molecule has 1 fully saturated rings. The molecule has 1 aromatic rings. The summed E-state index contributed by atoms with van der Waals surface area (Å²) >= 11 is 3.37. The van der Waals surface area contributed by atoms with E-state index in [0.717, 1.165) is 23.0 Å². The maximum absolute atomic E-state index is 12.3. The van der Waals surface area contributed by atoms with Gasteiger partial charge in [-0.3, -0.25) is 9.78 Å². The van der Waals surface area contributed by atoms with E-state index in [1.54, 1.807) is 12.4 Å². The van der Waals surface area contributed by atoms with Gasteiger partial charge in [-0.15, -0.1) is 0 Å². The van der Waals surface area contributed by atoms with E-state index in [1.165, 1.54) is 0 Å². The number of ether oxygens (including phenoxy) is 1. The SMILES string of the molecule is CCCNC1COCC1C(=O)Cc1cncc(Br)c1. The molecular formula is C14H19BrN2O2. The number of hydrogen-bond donors (Lipinski definition) is 1. The van der Waals surface area contributed by atoms with Crippen LogP contribution in [0.2, 0.25) is 0 Å². The molecule has 2 rings (SSSR count). The summed E-state index contributed by atoms with van der Waals surface area (Å²) in [6, 6.07) is 2.10. The minimum absolute atomic E-state index is 0.0365. The van der Waals surface area contributed by atoms with Crippen molar-refractivity contribution in [2.75, 3.05) is 19.8 Å². The van der Waals surface area contributed by atoms with Crippen molar-refractivity contribution < 1.29 is 9.53 Å². The van der Waals surface area contributed by atoms with Crippen LogP contribution in [0.1, 0.15) is 18.9 Å². The van der Waals surface area contributed by atoms with E-state index in [2.05, 4.69) is 33.2 Å². The first-order valence-corrected chi connectivity index (χ1v) is 7.43. The van der Waals surface area contributed by atoms with Crippen molar-refractivity contribution in [2.24, 2.45) is 5.92 Å². The summed E-state index contributed by atoms with van der Waals surface area (Å²) in [5, 5.41) is 3.39. The second-order valence-electron chi connectivity index (χ2n) is 4.86. The summed E-state index contributed by atoms with van der Waals surface area (Å²) in [4.78, 5) is 16.4. The number of pyridine rings is 1. The average molecular weight is 327 g/mol. The normalized spacial score (nSPS) is 22.6. The molecule has 19 heavy (non-hydrogen) atoms. The van der Waals surface area contributed by atoms with Crippen LogP contribution in [-0.2, 0) is 16.0 Å². The van der Waals surface area contributed by atoms with Crippen LogP contribution in [0.4, 0.5) is 0 Å². The highest BCUT2D eigenvalue weighted by Gasteiger charge is 2.33. The molecule has 0 bridgehead atoms. The fraction of sp³-hybridized carbons (Fsp3) is 0.571. The van der Waals surface area contributed by atoms with Crippen molar-refractivity contribution in [1.82, 2.24) is 10.3 Å². The van der Waals surface area contributed by atoms with Crippen LogP contribution in [-0.4, -0.2) is 36.6 Å². The van der Waals surface area contributed by atoms with Crippen molar-refractivity contribution in [3.8, 4) is 0 Å². The number of carbonyl (C=O) groups excluding carboxylic acids is 1. The van der Waals surface area contributed by atoms with E-state index >= 15 is 0 Å². The standard InChI is InChI=1S/C14H19BrN2O2/c1-2-3-17-13-9-19-8-12(13)14(18)5-10-4-11(15)7-16-6-10/h4,6-7,12-13,17H,2-3,5,8-9H2,1H3. The van der Waals surface area contributed by atoms with Gasteiger partial charge < -0.3 is 10.1 Å². The van der Waals surface area contributed by atoms with Crippen LogP contribution >= 0.6 is 15.9 Å². The molecule has 2 heterocycles. The monoisotopic (exact) mass is 326 g/mol. The van der Waals surface area contributed by atoms with Gasteiger partial charge in [0.1, 0.15) is 5.78 Å². The Morgan fingerprint density at radius 3 is 3.11 bits per heavy atom. The highest BCUT2D eigenvalue weighted by Crippen LogP contribution is 2.18. The van der Waals surface area contributed by atoms with E-state index in [4.69, 9.17) is 4.74 Å². The highest BCUT2D eigenvalue weighted by atomic mass is 79.9. The molecule has 0 radical (unpaired) electrons. The smallest absolute Gasteiger partial charge is 0.144 e.